The fraction of sp³-hybridized carbons (Fsp3) is 0.190. The average Bonchev–Trinajstić information content (AvgIpc) is 2.72. The van der Waals surface area contributed by atoms with Crippen molar-refractivity contribution in [1.29, 1.82) is 5.26 Å². The van der Waals surface area contributed by atoms with Gasteiger partial charge >= 0.3 is 5.97 Å². The van der Waals surface area contributed by atoms with E-state index >= 15 is 0 Å². The SMILES string of the molecule is COc1ccc(/C=C/C(=O)O[C@@H](C)C(=O)Nc2ccc(C#N)cc2)cc1OC. The topological polar surface area (TPSA) is 97.6 Å². The number of amides is 1. The molecule has 0 saturated heterocycles. The minimum Gasteiger partial charge on any atom is -0.493 e. The molecule has 1 amide bonds. The molecule has 0 bridgehead atoms. The van der Waals surface area contributed by atoms with Gasteiger partial charge in [-0.05, 0) is 55.0 Å². The molecule has 2 rings (SSSR count). The molecule has 2 aromatic carbocycles. The average molecular weight is 380 g/mol. The molecule has 144 valence electrons. The number of nitriles is 1. The zero-order valence-electron chi connectivity index (χ0n) is 15.8. The van der Waals surface area contributed by atoms with Gasteiger partial charge in [0.1, 0.15) is 0 Å². The molecule has 0 saturated carbocycles. The second-order valence-corrected chi connectivity index (χ2v) is 5.71. The monoisotopic (exact) mass is 380 g/mol. The van der Waals surface area contributed by atoms with Crippen LogP contribution >= 0.6 is 0 Å². The third kappa shape index (κ3) is 5.61. The molecular weight excluding hydrogens is 360 g/mol. The molecular formula is C21H20N2O5. The quantitative estimate of drug-likeness (QED) is 0.585. The number of nitrogens with one attached hydrogen (secondary N) is 1. The van der Waals surface area contributed by atoms with Gasteiger partial charge in [-0.25, -0.2) is 4.79 Å². The van der Waals surface area contributed by atoms with Gasteiger partial charge < -0.3 is 19.5 Å². The first-order valence-electron chi connectivity index (χ1n) is 8.38. The number of ether oxygens (including phenoxy) is 3. The summed E-state index contributed by atoms with van der Waals surface area (Å²) in [6.45, 7) is 1.47. The molecule has 0 unspecified atom stereocenters. The Morgan fingerprint density at radius 2 is 1.75 bits per heavy atom. The van der Waals surface area contributed by atoms with Crippen LogP contribution in [0.3, 0.4) is 0 Å². The van der Waals surface area contributed by atoms with E-state index in [1.165, 1.54) is 27.2 Å². The summed E-state index contributed by atoms with van der Waals surface area (Å²) < 4.78 is 15.5. The summed E-state index contributed by atoms with van der Waals surface area (Å²) >= 11 is 0. The van der Waals surface area contributed by atoms with Gasteiger partial charge in [0.05, 0.1) is 25.9 Å². The molecule has 0 aliphatic heterocycles. The molecule has 1 atom stereocenters. The Morgan fingerprint density at radius 1 is 1.07 bits per heavy atom. The summed E-state index contributed by atoms with van der Waals surface area (Å²) in [5.41, 5.74) is 1.70. The van der Waals surface area contributed by atoms with Crippen molar-refractivity contribution >= 4 is 23.6 Å². The number of methoxy groups -OCH3 is 2. The highest BCUT2D eigenvalue weighted by molar-refractivity contribution is 5.96. The van der Waals surface area contributed by atoms with Crippen molar-refractivity contribution in [2.45, 2.75) is 13.0 Å². The summed E-state index contributed by atoms with van der Waals surface area (Å²) in [7, 11) is 3.06. The maximum absolute atomic E-state index is 12.1. The van der Waals surface area contributed by atoms with E-state index in [1.54, 1.807) is 48.5 Å². The highest BCUT2D eigenvalue weighted by Crippen LogP contribution is 2.27. The predicted molar refractivity (Wildman–Crippen MR) is 104 cm³/mol. The van der Waals surface area contributed by atoms with E-state index in [0.717, 1.165) is 0 Å². The summed E-state index contributed by atoms with van der Waals surface area (Å²) in [4.78, 5) is 24.1. The van der Waals surface area contributed by atoms with Crippen molar-refractivity contribution in [2.75, 3.05) is 19.5 Å². The zero-order valence-corrected chi connectivity index (χ0v) is 15.8. The van der Waals surface area contributed by atoms with Crippen molar-refractivity contribution in [3.05, 3.63) is 59.7 Å². The van der Waals surface area contributed by atoms with Crippen molar-refractivity contribution < 1.29 is 23.8 Å². The normalized spacial score (nSPS) is 11.4. The number of esters is 1. The molecule has 7 nitrogen and oxygen atoms in total. The Kier molecular flexibility index (Phi) is 7.17. The maximum Gasteiger partial charge on any atom is 0.331 e. The standard InChI is InChI=1S/C21H20N2O5/c1-14(21(25)23-17-8-4-16(13-22)5-9-17)28-20(24)11-7-15-6-10-18(26-2)19(12-15)27-3/h4-12,14H,1-3H3,(H,23,25)/b11-7+/t14-/m0/s1. The third-order valence-corrected chi connectivity index (χ3v) is 3.76. The first kappa shape index (κ1) is 20.5. The fourth-order valence-electron chi connectivity index (χ4n) is 2.26. The van der Waals surface area contributed by atoms with E-state index < -0.39 is 18.0 Å². The molecule has 0 aliphatic rings. The Hall–Kier alpha value is -3.79. The number of hydrogen-bond donors (Lipinski definition) is 1. The van der Waals surface area contributed by atoms with Gasteiger partial charge in [0, 0.05) is 11.8 Å². The lowest BCUT2D eigenvalue weighted by Gasteiger charge is -2.12. The summed E-state index contributed by atoms with van der Waals surface area (Å²) in [5.74, 6) is -0.0154. The van der Waals surface area contributed by atoms with Crippen LogP contribution in [0.4, 0.5) is 5.69 Å². The Bertz CT molecular complexity index is 913. The molecule has 7 heteroatoms. The van der Waals surface area contributed by atoms with Crippen molar-refractivity contribution in [1.82, 2.24) is 0 Å². The van der Waals surface area contributed by atoms with Crippen LogP contribution in [0.1, 0.15) is 18.1 Å². The van der Waals surface area contributed by atoms with Gasteiger partial charge in [0.2, 0.25) is 0 Å². The minimum atomic E-state index is -0.988. The summed E-state index contributed by atoms with van der Waals surface area (Å²) in [5, 5.41) is 11.4. The number of anilines is 1. The smallest absolute Gasteiger partial charge is 0.331 e. The molecule has 0 aromatic heterocycles. The Balaban J connectivity index is 1.93. The van der Waals surface area contributed by atoms with Crippen LogP contribution in [0.25, 0.3) is 6.08 Å². The molecule has 0 aliphatic carbocycles. The number of hydrogen-bond acceptors (Lipinski definition) is 6. The van der Waals surface area contributed by atoms with Crippen LogP contribution in [0.15, 0.2) is 48.5 Å². The van der Waals surface area contributed by atoms with Crippen LogP contribution in [0, 0.1) is 11.3 Å². The fourth-order valence-corrected chi connectivity index (χ4v) is 2.26. The first-order chi connectivity index (χ1) is 13.5. The highest BCUT2D eigenvalue weighted by Gasteiger charge is 2.16. The third-order valence-electron chi connectivity index (χ3n) is 3.76. The van der Waals surface area contributed by atoms with E-state index in [1.807, 2.05) is 6.07 Å². The molecule has 2 aromatic rings. The lowest BCUT2D eigenvalue weighted by atomic mass is 10.2. The largest absolute Gasteiger partial charge is 0.493 e. The van der Waals surface area contributed by atoms with Crippen molar-refractivity contribution in [3.63, 3.8) is 0 Å². The van der Waals surface area contributed by atoms with Crippen molar-refractivity contribution in [2.24, 2.45) is 0 Å². The van der Waals surface area contributed by atoms with Crippen LogP contribution in [0.2, 0.25) is 0 Å². The van der Waals surface area contributed by atoms with Crippen LogP contribution < -0.4 is 14.8 Å². The first-order valence-corrected chi connectivity index (χ1v) is 8.38. The molecule has 0 fully saturated rings. The van der Waals surface area contributed by atoms with Gasteiger partial charge in [-0.1, -0.05) is 6.07 Å². The molecule has 0 radical (unpaired) electrons. The Morgan fingerprint density at radius 3 is 2.36 bits per heavy atom. The van der Waals surface area contributed by atoms with Gasteiger partial charge in [-0.3, -0.25) is 4.79 Å². The van der Waals surface area contributed by atoms with E-state index in [4.69, 9.17) is 19.5 Å². The van der Waals surface area contributed by atoms with Crippen molar-refractivity contribution in [3.8, 4) is 17.6 Å². The van der Waals surface area contributed by atoms with Gasteiger partial charge in [0.15, 0.2) is 17.6 Å². The minimum absolute atomic E-state index is 0.474. The number of carbonyl (C=O) groups excluding carboxylic acids is 2. The second-order valence-electron chi connectivity index (χ2n) is 5.71. The number of benzene rings is 2. The molecule has 0 spiro atoms. The highest BCUT2D eigenvalue weighted by atomic mass is 16.5. The van der Waals surface area contributed by atoms with Gasteiger partial charge in [-0.15, -0.1) is 0 Å². The maximum atomic E-state index is 12.1. The van der Waals surface area contributed by atoms with E-state index in [0.29, 0.717) is 28.3 Å². The van der Waals surface area contributed by atoms with Crippen LogP contribution in [-0.4, -0.2) is 32.2 Å². The Labute approximate surface area is 163 Å². The lowest BCUT2D eigenvalue weighted by molar-refractivity contribution is -0.148. The number of rotatable bonds is 7. The van der Waals surface area contributed by atoms with E-state index in [9.17, 15) is 9.59 Å². The number of nitrogens with zero attached hydrogens (tertiary/aromatic N) is 1. The zero-order chi connectivity index (χ0) is 20.5. The lowest BCUT2D eigenvalue weighted by Crippen LogP contribution is -2.29. The second kappa shape index (κ2) is 9.78. The van der Waals surface area contributed by atoms with Crippen LogP contribution in [-0.2, 0) is 14.3 Å². The molecule has 28 heavy (non-hydrogen) atoms. The van der Waals surface area contributed by atoms with Gasteiger partial charge in [-0.2, -0.15) is 5.26 Å². The van der Waals surface area contributed by atoms with E-state index in [2.05, 4.69) is 5.32 Å². The predicted octanol–water partition coefficient (Wildman–Crippen LogP) is 3.16. The molecule has 1 N–H and O–H groups in total. The molecule has 0 heterocycles. The summed E-state index contributed by atoms with van der Waals surface area (Å²) in [6, 6.07) is 13.5. The van der Waals surface area contributed by atoms with Crippen LogP contribution in [0.5, 0.6) is 11.5 Å². The number of carbonyl (C=O) groups is 2. The van der Waals surface area contributed by atoms with E-state index in [-0.39, 0.29) is 0 Å². The van der Waals surface area contributed by atoms with Gasteiger partial charge in [0.25, 0.3) is 5.91 Å². The summed E-state index contributed by atoms with van der Waals surface area (Å²) in [6.07, 6.45) is 1.79.